The van der Waals surface area contributed by atoms with Gasteiger partial charge in [0.05, 0.1) is 12.7 Å². The van der Waals surface area contributed by atoms with Gasteiger partial charge in [-0.15, -0.1) is 11.8 Å². The molecular formula is C18H20O2S. The Hall–Kier alpha value is -1.45. The first-order chi connectivity index (χ1) is 10.3. The lowest BCUT2D eigenvalue weighted by atomic mass is 10.0. The minimum Gasteiger partial charge on any atom is -0.494 e. The fourth-order valence-electron chi connectivity index (χ4n) is 2.58. The molecule has 0 aromatic heterocycles. The van der Waals surface area contributed by atoms with Crippen LogP contribution in [0.1, 0.15) is 30.6 Å². The number of hydrogen-bond acceptors (Lipinski definition) is 3. The van der Waals surface area contributed by atoms with Gasteiger partial charge in [-0.25, -0.2) is 0 Å². The first-order valence-corrected chi connectivity index (χ1v) is 8.31. The summed E-state index contributed by atoms with van der Waals surface area (Å²) in [5.41, 5.74) is 2.30. The second-order valence-corrected chi connectivity index (χ2v) is 6.61. The molecule has 3 rings (SSSR count). The van der Waals surface area contributed by atoms with Crippen molar-refractivity contribution in [3.8, 4) is 5.75 Å². The molecule has 1 aliphatic heterocycles. The van der Waals surface area contributed by atoms with Crippen LogP contribution in [0.4, 0.5) is 0 Å². The van der Waals surface area contributed by atoms with Gasteiger partial charge < -0.3 is 9.84 Å². The van der Waals surface area contributed by atoms with Gasteiger partial charge in [0.25, 0.3) is 0 Å². The van der Waals surface area contributed by atoms with Gasteiger partial charge in [0, 0.05) is 10.1 Å². The number of fused-ring (bicyclic) bond motifs is 1. The number of aliphatic hydroxyl groups is 1. The van der Waals surface area contributed by atoms with E-state index < -0.39 is 6.10 Å². The summed E-state index contributed by atoms with van der Waals surface area (Å²) in [5, 5.41) is 10.8. The van der Waals surface area contributed by atoms with Crippen molar-refractivity contribution < 1.29 is 9.84 Å². The van der Waals surface area contributed by atoms with Crippen LogP contribution in [0, 0.1) is 0 Å². The summed E-state index contributed by atoms with van der Waals surface area (Å²) in [4.78, 5) is 1.30. The highest BCUT2D eigenvalue weighted by Gasteiger charge is 2.28. The van der Waals surface area contributed by atoms with E-state index in [4.69, 9.17) is 4.74 Å². The van der Waals surface area contributed by atoms with E-state index in [9.17, 15) is 5.11 Å². The molecule has 0 saturated heterocycles. The van der Waals surface area contributed by atoms with Gasteiger partial charge in [-0.2, -0.15) is 0 Å². The minimum atomic E-state index is -0.442. The van der Waals surface area contributed by atoms with E-state index in [-0.39, 0.29) is 5.25 Å². The molecule has 3 heteroatoms. The summed E-state index contributed by atoms with van der Waals surface area (Å²) >= 11 is 1.78. The van der Waals surface area contributed by atoms with Gasteiger partial charge >= 0.3 is 0 Å². The van der Waals surface area contributed by atoms with Crippen LogP contribution in [0.3, 0.4) is 0 Å². The van der Waals surface area contributed by atoms with Crippen LogP contribution in [-0.4, -0.2) is 17.0 Å². The monoisotopic (exact) mass is 300 g/mol. The second kappa shape index (κ2) is 6.54. The van der Waals surface area contributed by atoms with E-state index in [1.807, 2.05) is 24.3 Å². The lowest BCUT2D eigenvalue weighted by Crippen LogP contribution is -2.14. The minimum absolute atomic E-state index is 0.199. The molecule has 1 aliphatic rings. The molecule has 1 heterocycles. The van der Waals surface area contributed by atoms with Crippen molar-refractivity contribution in [2.45, 2.75) is 36.0 Å². The quantitative estimate of drug-likeness (QED) is 0.896. The first-order valence-electron chi connectivity index (χ1n) is 7.43. The molecule has 0 spiro atoms. The highest BCUT2D eigenvalue weighted by molar-refractivity contribution is 8.00. The Labute approximate surface area is 130 Å². The highest BCUT2D eigenvalue weighted by atomic mass is 32.2. The lowest BCUT2D eigenvalue weighted by Gasteiger charge is -2.17. The summed E-state index contributed by atoms with van der Waals surface area (Å²) in [6.45, 7) is 2.82. The fourth-order valence-corrected chi connectivity index (χ4v) is 3.92. The van der Waals surface area contributed by atoms with Crippen molar-refractivity contribution in [1.82, 2.24) is 0 Å². The molecule has 0 aliphatic carbocycles. The number of aliphatic hydroxyl groups excluding tert-OH is 1. The molecule has 0 fully saturated rings. The van der Waals surface area contributed by atoms with Gasteiger partial charge in [0.2, 0.25) is 0 Å². The molecule has 1 N–H and O–H groups in total. The van der Waals surface area contributed by atoms with Crippen LogP contribution in [0.5, 0.6) is 5.75 Å². The number of benzene rings is 2. The summed E-state index contributed by atoms with van der Waals surface area (Å²) in [6, 6.07) is 16.2. The van der Waals surface area contributed by atoms with Crippen LogP contribution < -0.4 is 4.74 Å². The molecule has 0 saturated carbocycles. The lowest BCUT2D eigenvalue weighted by molar-refractivity contribution is 0.175. The molecule has 2 nitrogen and oxygen atoms in total. The van der Waals surface area contributed by atoms with Gasteiger partial charge in [0.1, 0.15) is 5.75 Å². The second-order valence-electron chi connectivity index (χ2n) is 5.33. The van der Waals surface area contributed by atoms with Crippen molar-refractivity contribution in [3.05, 3.63) is 59.7 Å². The van der Waals surface area contributed by atoms with Crippen molar-refractivity contribution in [3.63, 3.8) is 0 Å². The maximum Gasteiger partial charge on any atom is 0.119 e. The fraction of sp³-hybridized carbons (Fsp3) is 0.333. The van der Waals surface area contributed by atoms with Gasteiger partial charge in [0.15, 0.2) is 0 Å². The highest BCUT2D eigenvalue weighted by Crippen LogP contribution is 2.42. The Bertz CT molecular complexity index is 569. The molecule has 2 unspecified atom stereocenters. The van der Waals surface area contributed by atoms with Gasteiger partial charge in [-0.1, -0.05) is 37.3 Å². The molecule has 2 atom stereocenters. The molecule has 0 bridgehead atoms. The molecule has 2 aromatic carbocycles. The zero-order chi connectivity index (χ0) is 14.7. The smallest absolute Gasteiger partial charge is 0.119 e. The van der Waals surface area contributed by atoms with E-state index in [1.165, 1.54) is 10.5 Å². The van der Waals surface area contributed by atoms with E-state index in [0.717, 1.165) is 30.8 Å². The largest absolute Gasteiger partial charge is 0.494 e. The topological polar surface area (TPSA) is 29.5 Å². The molecule has 0 radical (unpaired) electrons. The predicted molar refractivity (Wildman–Crippen MR) is 87.0 cm³/mol. The van der Waals surface area contributed by atoms with Crippen molar-refractivity contribution >= 4 is 11.8 Å². The average Bonchev–Trinajstić information content (AvgIpc) is 2.96. The number of rotatable bonds is 5. The Balaban J connectivity index is 1.67. The summed E-state index contributed by atoms with van der Waals surface area (Å²) in [7, 11) is 0. The number of thioether (sulfide) groups is 1. The Morgan fingerprint density at radius 3 is 2.67 bits per heavy atom. The van der Waals surface area contributed by atoms with Crippen LogP contribution in [0.15, 0.2) is 53.4 Å². The van der Waals surface area contributed by atoms with Crippen LogP contribution in [0.2, 0.25) is 0 Å². The third-order valence-corrected chi connectivity index (χ3v) is 5.10. The van der Waals surface area contributed by atoms with Crippen LogP contribution in [0.25, 0.3) is 0 Å². The Morgan fingerprint density at radius 2 is 1.95 bits per heavy atom. The first kappa shape index (κ1) is 14.5. The zero-order valence-corrected chi connectivity index (χ0v) is 13.0. The third-order valence-electron chi connectivity index (χ3n) is 3.72. The van der Waals surface area contributed by atoms with Crippen LogP contribution in [-0.2, 0) is 6.42 Å². The SMILES string of the molecule is CCCOc1ccc(C(O)C2Cc3ccccc3S2)cc1. The molecular weight excluding hydrogens is 280 g/mol. The predicted octanol–water partition coefficient (Wildman–Crippen LogP) is 4.23. The van der Waals surface area contributed by atoms with Crippen molar-refractivity contribution in [2.24, 2.45) is 0 Å². The van der Waals surface area contributed by atoms with E-state index in [0.29, 0.717) is 0 Å². The summed E-state index contributed by atoms with van der Waals surface area (Å²) < 4.78 is 5.58. The van der Waals surface area contributed by atoms with E-state index in [1.54, 1.807) is 11.8 Å². The van der Waals surface area contributed by atoms with Gasteiger partial charge in [-0.05, 0) is 42.2 Å². The number of hydrogen-bond donors (Lipinski definition) is 1. The maximum absolute atomic E-state index is 10.6. The third kappa shape index (κ3) is 3.25. The zero-order valence-electron chi connectivity index (χ0n) is 12.2. The van der Waals surface area contributed by atoms with Crippen molar-refractivity contribution in [1.29, 1.82) is 0 Å². The maximum atomic E-state index is 10.6. The normalized spacial score (nSPS) is 18.3. The standard InChI is InChI=1S/C18H20O2S/c1-2-11-20-15-9-7-13(8-10-15)18(19)17-12-14-5-3-4-6-16(14)21-17/h3-10,17-19H,2,11-12H2,1H3. The molecule has 21 heavy (non-hydrogen) atoms. The van der Waals surface area contributed by atoms with E-state index >= 15 is 0 Å². The summed E-state index contributed by atoms with van der Waals surface area (Å²) in [6.07, 6.45) is 1.49. The molecule has 110 valence electrons. The molecule has 2 aromatic rings. The molecule has 0 amide bonds. The Morgan fingerprint density at radius 1 is 1.19 bits per heavy atom. The van der Waals surface area contributed by atoms with Gasteiger partial charge in [-0.3, -0.25) is 0 Å². The summed E-state index contributed by atoms with van der Waals surface area (Å²) in [5.74, 6) is 0.871. The van der Waals surface area contributed by atoms with E-state index in [2.05, 4.69) is 31.2 Å². The van der Waals surface area contributed by atoms with Crippen molar-refractivity contribution in [2.75, 3.05) is 6.61 Å². The number of ether oxygens (including phenoxy) is 1. The average molecular weight is 300 g/mol. The Kier molecular flexibility index (Phi) is 4.51. The van der Waals surface area contributed by atoms with Crippen LogP contribution >= 0.6 is 11.8 Å².